The number of anilines is 1. The molecule has 0 unspecified atom stereocenters. The van der Waals surface area contributed by atoms with Crippen molar-refractivity contribution < 1.29 is 9.21 Å². The van der Waals surface area contributed by atoms with Crippen LogP contribution in [0.25, 0.3) is 0 Å². The average molecular weight is 263 g/mol. The normalized spacial score (nSPS) is 14.3. The fourth-order valence-corrected chi connectivity index (χ4v) is 2.87. The third-order valence-electron chi connectivity index (χ3n) is 2.79. The van der Waals surface area contributed by atoms with Gasteiger partial charge in [-0.05, 0) is 19.1 Å². The van der Waals surface area contributed by atoms with Crippen molar-refractivity contribution in [2.45, 2.75) is 19.9 Å². The number of thiazole rings is 1. The zero-order valence-electron chi connectivity index (χ0n) is 9.95. The molecule has 0 fully saturated rings. The van der Waals surface area contributed by atoms with Crippen LogP contribution in [0.1, 0.15) is 26.9 Å². The molecule has 1 aliphatic rings. The van der Waals surface area contributed by atoms with E-state index in [4.69, 9.17) is 4.42 Å². The van der Waals surface area contributed by atoms with Gasteiger partial charge in [0.15, 0.2) is 10.9 Å². The first-order valence-corrected chi connectivity index (χ1v) is 6.61. The number of aryl methyl sites for hydroxylation is 1. The summed E-state index contributed by atoms with van der Waals surface area (Å²) in [5.41, 5.74) is 1.09. The van der Waals surface area contributed by atoms with Crippen molar-refractivity contribution in [2.75, 3.05) is 11.9 Å². The van der Waals surface area contributed by atoms with E-state index in [2.05, 4.69) is 15.6 Å². The number of hydrogen-bond donors (Lipinski definition) is 2. The summed E-state index contributed by atoms with van der Waals surface area (Å²) in [5.74, 6) is 0.795. The summed E-state index contributed by atoms with van der Waals surface area (Å²) >= 11 is 1.52. The molecule has 0 aromatic carbocycles. The van der Waals surface area contributed by atoms with Crippen LogP contribution in [0.5, 0.6) is 0 Å². The van der Waals surface area contributed by atoms with E-state index in [1.54, 1.807) is 12.1 Å². The Hall–Kier alpha value is -1.66. The summed E-state index contributed by atoms with van der Waals surface area (Å²) in [7, 11) is 0. The van der Waals surface area contributed by atoms with Crippen LogP contribution in [-0.2, 0) is 13.0 Å². The number of rotatable bonds is 2. The van der Waals surface area contributed by atoms with Gasteiger partial charge in [-0.2, -0.15) is 0 Å². The van der Waals surface area contributed by atoms with Gasteiger partial charge < -0.3 is 9.73 Å². The van der Waals surface area contributed by atoms with E-state index >= 15 is 0 Å². The van der Waals surface area contributed by atoms with Crippen LogP contribution in [-0.4, -0.2) is 17.4 Å². The van der Waals surface area contributed by atoms with E-state index in [0.29, 0.717) is 10.9 Å². The number of hydrogen-bond acceptors (Lipinski definition) is 5. The first-order chi connectivity index (χ1) is 8.72. The molecule has 18 heavy (non-hydrogen) atoms. The Morgan fingerprint density at radius 2 is 2.44 bits per heavy atom. The molecule has 0 bridgehead atoms. The Morgan fingerprint density at radius 1 is 1.56 bits per heavy atom. The van der Waals surface area contributed by atoms with Crippen molar-refractivity contribution in [1.29, 1.82) is 0 Å². The number of furan rings is 1. The first-order valence-electron chi connectivity index (χ1n) is 5.79. The van der Waals surface area contributed by atoms with Crippen molar-refractivity contribution in [3.63, 3.8) is 0 Å². The fourth-order valence-electron chi connectivity index (χ4n) is 1.89. The molecule has 2 aromatic rings. The maximum absolute atomic E-state index is 11.9. The Labute approximate surface area is 108 Å². The number of carbonyl (C=O) groups excluding carboxylic acids is 1. The SMILES string of the molecule is Cc1ccc(C(=O)Nc2nc3c(s2)CNCC3)o1. The van der Waals surface area contributed by atoms with Crippen LogP contribution >= 0.6 is 11.3 Å². The lowest BCUT2D eigenvalue weighted by Crippen LogP contribution is -2.22. The maximum atomic E-state index is 11.9. The van der Waals surface area contributed by atoms with Crippen LogP contribution in [0.15, 0.2) is 16.5 Å². The predicted molar refractivity (Wildman–Crippen MR) is 68.9 cm³/mol. The van der Waals surface area contributed by atoms with E-state index in [1.807, 2.05) is 6.92 Å². The largest absolute Gasteiger partial charge is 0.456 e. The van der Waals surface area contributed by atoms with Crippen LogP contribution in [0.3, 0.4) is 0 Å². The molecule has 2 N–H and O–H groups in total. The highest BCUT2D eigenvalue weighted by molar-refractivity contribution is 7.15. The van der Waals surface area contributed by atoms with Crippen LogP contribution < -0.4 is 10.6 Å². The van der Waals surface area contributed by atoms with Gasteiger partial charge in [0.1, 0.15) is 5.76 Å². The zero-order valence-corrected chi connectivity index (χ0v) is 10.8. The predicted octanol–water partition coefficient (Wildman–Crippen LogP) is 1.94. The molecule has 0 atom stereocenters. The van der Waals surface area contributed by atoms with Crippen molar-refractivity contribution >= 4 is 22.4 Å². The summed E-state index contributed by atoms with van der Waals surface area (Å²) in [5, 5.41) is 6.70. The Morgan fingerprint density at radius 3 is 3.17 bits per heavy atom. The van der Waals surface area contributed by atoms with Crippen molar-refractivity contribution in [3.8, 4) is 0 Å². The molecule has 3 rings (SSSR count). The van der Waals surface area contributed by atoms with Gasteiger partial charge in [-0.15, -0.1) is 11.3 Å². The van der Waals surface area contributed by atoms with Gasteiger partial charge >= 0.3 is 0 Å². The van der Waals surface area contributed by atoms with E-state index in [1.165, 1.54) is 16.2 Å². The number of carbonyl (C=O) groups is 1. The summed E-state index contributed by atoms with van der Waals surface area (Å²) in [6.07, 6.45) is 0.918. The van der Waals surface area contributed by atoms with Gasteiger partial charge in [0.25, 0.3) is 5.91 Å². The van der Waals surface area contributed by atoms with E-state index < -0.39 is 0 Å². The monoisotopic (exact) mass is 263 g/mol. The highest BCUT2D eigenvalue weighted by atomic mass is 32.1. The lowest BCUT2D eigenvalue weighted by molar-refractivity contribution is 0.0995. The average Bonchev–Trinajstić information content (AvgIpc) is 2.94. The Kier molecular flexibility index (Phi) is 2.89. The lowest BCUT2D eigenvalue weighted by atomic mass is 10.2. The van der Waals surface area contributed by atoms with Gasteiger partial charge in [-0.25, -0.2) is 4.98 Å². The van der Waals surface area contributed by atoms with Gasteiger partial charge in [-0.1, -0.05) is 0 Å². The molecule has 1 amide bonds. The molecule has 6 heteroatoms. The lowest BCUT2D eigenvalue weighted by Gasteiger charge is -2.09. The Bertz CT molecular complexity index is 564. The topological polar surface area (TPSA) is 67.2 Å². The molecule has 0 aliphatic carbocycles. The number of fused-ring (bicyclic) bond motifs is 1. The molecule has 3 heterocycles. The molecule has 5 nitrogen and oxygen atoms in total. The molecule has 0 saturated carbocycles. The van der Waals surface area contributed by atoms with Gasteiger partial charge in [0.2, 0.25) is 0 Å². The Balaban J connectivity index is 1.76. The summed E-state index contributed by atoms with van der Waals surface area (Å²) in [6.45, 7) is 3.59. The van der Waals surface area contributed by atoms with Crippen molar-refractivity contribution in [2.24, 2.45) is 0 Å². The van der Waals surface area contributed by atoms with E-state index in [0.717, 1.165) is 31.0 Å². The minimum Gasteiger partial charge on any atom is -0.456 e. The second-order valence-corrected chi connectivity index (χ2v) is 5.26. The third-order valence-corrected chi connectivity index (χ3v) is 3.80. The van der Waals surface area contributed by atoms with E-state index in [-0.39, 0.29) is 5.91 Å². The third kappa shape index (κ3) is 2.16. The number of nitrogens with zero attached hydrogens (tertiary/aromatic N) is 1. The fraction of sp³-hybridized carbons (Fsp3) is 0.333. The molecular weight excluding hydrogens is 250 g/mol. The molecule has 0 spiro atoms. The smallest absolute Gasteiger partial charge is 0.293 e. The summed E-state index contributed by atoms with van der Waals surface area (Å²) in [4.78, 5) is 17.5. The molecule has 1 aliphatic heterocycles. The zero-order chi connectivity index (χ0) is 12.5. The van der Waals surface area contributed by atoms with E-state index in [9.17, 15) is 4.79 Å². The number of amides is 1. The molecule has 0 radical (unpaired) electrons. The number of aromatic nitrogens is 1. The second-order valence-electron chi connectivity index (χ2n) is 4.18. The molecular formula is C12H13N3O2S. The van der Waals surface area contributed by atoms with Crippen LogP contribution in [0.2, 0.25) is 0 Å². The standard InChI is InChI=1S/C12H13N3O2S/c1-7-2-3-9(17-7)11(16)15-12-14-8-4-5-13-6-10(8)18-12/h2-3,13H,4-6H2,1H3,(H,14,15,16). The highest BCUT2D eigenvalue weighted by Crippen LogP contribution is 2.25. The van der Waals surface area contributed by atoms with Crippen LogP contribution in [0, 0.1) is 6.92 Å². The molecule has 0 saturated heterocycles. The molecule has 2 aromatic heterocycles. The van der Waals surface area contributed by atoms with Crippen LogP contribution in [0.4, 0.5) is 5.13 Å². The summed E-state index contributed by atoms with van der Waals surface area (Å²) in [6, 6.07) is 3.44. The highest BCUT2D eigenvalue weighted by Gasteiger charge is 2.17. The minimum absolute atomic E-state index is 0.248. The van der Waals surface area contributed by atoms with Gasteiger partial charge in [-0.3, -0.25) is 10.1 Å². The first kappa shape index (κ1) is 11.4. The van der Waals surface area contributed by atoms with Gasteiger partial charge in [0, 0.05) is 24.4 Å². The summed E-state index contributed by atoms with van der Waals surface area (Å²) < 4.78 is 5.27. The number of nitrogens with one attached hydrogen (secondary N) is 2. The second kappa shape index (κ2) is 4.55. The quantitative estimate of drug-likeness (QED) is 0.869. The maximum Gasteiger partial charge on any atom is 0.293 e. The van der Waals surface area contributed by atoms with Gasteiger partial charge in [0.05, 0.1) is 5.69 Å². The van der Waals surface area contributed by atoms with Crippen molar-refractivity contribution in [3.05, 3.63) is 34.2 Å². The molecule has 94 valence electrons. The minimum atomic E-state index is -0.248. The van der Waals surface area contributed by atoms with Crippen molar-refractivity contribution in [1.82, 2.24) is 10.3 Å².